The molecule has 0 unspecified atom stereocenters. The van der Waals surface area contributed by atoms with Crippen LogP contribution in [0.2, 0.25) is 0 Å². The lowest BCUT2D eigenvalue weighted by Gasteiger charge is -2.09. The summed E-state index contributed by atoms with van der Waals surface area (Å²) >= 11 is 0. The van der Waals surface area contributed by atoms with Crippen LogP contribution in [0.5, 0.6) is 0 Å². The van der Waals surface area contributed by atoms with Crippen LogP contribution in [0.3, 0.4) is 0 Å². The van der Waals surface area contributed by atoms with Crippen LogP contribution in [-0.4, -0.2) is 18.6 Å². The monoisotopic (exact) mass is 176 g/mol. The van der Waals surface area contributed by atoms with Gasteiger partial charge in [-0.25, -0.2) is 0 Å². The van der Waals surface area contributed by atoms with Gasteiger partial charge in [0.05, 0.1) is 0 Å². The zero-order valence-corrected chi connectivity index (χ0v) is 7.82. The Morgan fingerprint density at radius 2 is 2.15 bits per heavy atom. The molecule has 0 aliphatic rings. The molecule has 13 heavy (non-hydrogen) atoms. The van der Waals surface area contributed by atoms with Gasteiger partial charge in [-0.3, -0.25) is 0 Å². The molecule has 0 atom stereocenters. The van der Waals surface area contributed by atoms with Crippen LogP contribution in [0.1, 0.15) is 6.92 Å². The van der Waals surface area contributed by atoms with Crippen LogP contribution in [-0.2, 0) is 0 Å². The highest BCUT2D eigenvalue weighted by Crippen LogP contribution is 2.19. The van der Waals surface area contributed by atoms with E-state index in [0.717, 1.165) is 17.6 Å². The fraction of sp³-hybridized carbons (Fsp3) is 0.300. The first-order valence-electron chi connectivity index (χ1n) is 4.38. The van der Waals surface area contributed by atoms with Crippen LogP contribution in [0.25, 0.3) is 11.1 Å². The fourth-order valence-corrected chi connectivity index (χ4v) is 1.16. The van der Waals surface area contributed by atoms with Gasteiger partial charge in [0.1, 0.15) is 5.52 Å². The van der Waals surface area contributed by atoms with Gasteiger partial charge in [0, 0.05) is 13.6 Å². The first kappa shape index (κ1) is 8.10. The summed E-state index contributed by atoms with van der Waals surface area (Å²) in [5, 5.41) is 0. The highest BCUT2D eigenvalue weighted by molar-refractivity contribution is 5.74. The van der Waals surface area contributed by atoms with Crippen molar-refractivity contribution in [2.45, 2.75) is 6.92 Å². The SMILES string of the molecule is CCN(C)c1nc2ccccc2o1. The van der Waals surface area contributed by atoms with Crippen LogP contribution in [0.15, 0.2) is 28.7 Å². The molecule has 0 aliphatic heterocycles. The Morgan fingerprint density at radius 1 is 1.38 bits per heavy atom. The molecule has 0 fully saturated rings. The molecule has 1 aromatic heterocycles. The third kappa shape index (κ3) is 1.37. The van der Waals surface area contributed by atoms with Gasteiger partial charge in [-0.15, -0.1) is 0 Å². The molecule has 1 heterocycles. The second-order valence-corrected chi connectivity index (χ2v) is 2.98. The predicted molar refractivity (Wildman–Crippen MR) is 53.0 cm³/mol. The summed E-state index contributed by atoms with van der Waals surface area (Å²) in [7, 11) is 1.96. The Morgan fingerprint density at radius 3 is 2.85 bits per heavy atom. The lowest BCUT2D eigenvalue weighted by Crippen LogP contribution is -2.15. The first-order chi connectivity index (χ1) is 6.31. The lowest BCUT2D eigenvalue weighted by molar-refractivity contribution is 0.587. The van der Waals surface area contributed by atoms with Crippen LogP contribution >= 0.6 is 0 Å². The maximum atomic E-state index is 5.54. The molecule has 3 heteroatoms. The van der Waals surface area contributed by atoms with E-state index < -0.39 is 0 Å². The molecule has 0 saturated heterocycles. The van der Waals surface area contributed by atoms with Crippen molar-refractivity contribution in [3.8, 4) is 0 Å². The van der Waals surface area contributed by atoms with E-state index in [1.165, 1.54) is 0 Å². The number of hydrogen-bond donors (Lipinski definition) is 0. The van der Waals surface area contributed by atoms with Crippen LogP contribution < -0.4 is 4.90 Å². The maximum Gasteiger partial charge on any atom is 0.298 e. The third-order valence-electron chi connectivity index (χ3n) is 2.08. The zero-order chi connectivity index (χ0) is 9.26. The minimum absolute atomic E-state index is 0.684. The average Bonchev–Trinajstić information content (AvgIpc) is 2.59. The molecule has 0 spiro atoms. The molecule has 68 valence electrons. The van der Waals surface area contributed by atoms with Crippen molar-refractivity contribution in [3.63, 3.8) is 0 Å². The summed E-state index contributed by atoms with van der Waals surface area (Å²) < 4.78 is 5.54. The smallest absolute Gasteiger partial charge is 0.298 e. The minimum atomic E-state index is 0.684. The van der Waals surface area contributed by atoms with E-state index in [0.29, 0.717) is 6.01 Å². The molecule has 0 aliphatic carbocycles. The lowest BCUT2D eigenvalue weighted by atomic mass is 10.3. The number of hydrogen-bond acceptors (Lipinski definition) is 3. The van der Waals surface area contributed by atoms with Crippen LogP contribution in [0, 0.1) is 0 Å². The summed E-state index contributed by atoms with van der Waals surface area (Å²) in [6.45, 7) is 2.96. The Balaban J connectivity index is 2.49. The molecule has 0 bridgehead atoms. The molecular weight excluding hydrogens is 164 g/mol. The van der Waals surface area contributed by atoms with Gasteiger partial charge in [-0.2, -0.15) is 4.98 Å². The van der Waals surface area contributed by atoms with Gasteiger partial charge in [0.2, 0.25) is 0 Å². The number of para-hydroxylation sites is 2. The van der Waals surface area contributed by atoms with E-state index >= 15 is 0 Å². The largest absolute Gasteiger partial charge is 0.423 e. The Kier molecular flexibility index (Phi) is 1.93. The quantitative estimate of drug-likeness (QED) is 0.703. The van der Waals surface area contributed by atoms with E-state index in [-0.39, 0.29) is 0 Å². The summed E-state index contributed by atoms with van der Waals surface area (Å²) in [5.74, 6) is 0. The number of nitrogens with zero attached hydrogens (tertiary/aromatic N) is 2. The molecule has 0 amide bonds. The van der Waals surface area contributed by atoms with Gasteiger partial charge in [0.15, 0.2) is 5.58 Å². The Hall–Kier alpha value is -1.51. The van der Waals surface area contributed by atoms with Crippen molar-refractivity contribution in [2.75, 3.05) is 18.5 Å². The Bertz CT molecular complexity index is 375. The molecular formula is C10H12N2O. The number of anilines is 1. The van der Waals surface area contributed by atoms with E-state index in [2.05, 4.69) is 11.9 Å². The average molecular weight is 176 g/mol. The first-order valence-corrected chi connectivity index (χ1v) is 4.38. The number of fused-ring (bicyclic) bond motifs is 1. The van der Waals surface area contributed by atoms with E-state index in [4.69, 9.17) is 4.42 Å². The van der Waals surface area contributed by atoms with E-state index in [1.54, 1.807) is 0 Å². The van der Waals surface area contributed by atoms with Gasteiger partial charge >= 0.3 is 0 Å². The fourth-order valence-electron chi connectivity index (χ4n) is 1.16. The third-order valence-corrected chi connectivity index (χ3v) is 2.08. The summed E-state index contributed by atoms with van der Waals surface area (Å²) in [6.07, 6.45) is 0. The molecule has 0 radical (unpaired) electrons. The Labute approximate surface area is 77.0 Å². The van der Waals surface area contributed by atoms with Gasteiger partial charge in [0.25, 0.3) is 6.01 Å². The summed E-state index contributed by atoms with van der Waals surface area (Å²) in [4.78, 5) is 6.31. The van der Waals surface area contributed by atoms with Crippen molar-refractivity contribution in [1.82, 2.24) is 4.98 Å². The molecule has 2 rings (SSSR count). The normalized spacial score (nSPS) is 10.6. The predicted octanol–water partition coefficient (Wildman–Crippen LogP) is 2.28. The summed E-state index contributed by atoms with van der Waals surface area (Å²) in [5.41, 5.74) is 1.76. The molecule has 3 nitrogen and oxygen atoms in total. The van der Waals surface area contributed by atoms with Gasteiger partial charge in [-0.1, -0.05) is 12.1 Å². The molecule has 0 saturated carbocycles. The number of aromatic nitrogens is 1. The highest BCUT2D eigenvalue weighted by Gasteiger charge is 2.06. The number of benzene rings is 1. The van der Waals surface area contributed by atoms with Gasteiger partial charge < -0.3 is 9.32 Å². The van der Waals surface area contributed by atoms with Crippen molar-refractivity contribution in [3.05, 3.63) is 24.3 Å². The van der Waals surface area contributed by atoms with Gasteiger partial charge in [-0.05, 0) is 19.1 Å². The molecule has 2 aromatic rings. The second kappa shape index (κ2) is 3.09. The number of rotatable bonds is 2. The standard InChI is InChI=1S/C10H12N2O/c1-3-12(2)10-11-8-6-4-5-7-9(8)13-10/h4-7H,3H2,1-2H3. The number of oxazole rings is 1. The molecule has 0 N–H and O–H groups in total. The van der Waals surface area contributed by atoms with Crippen molar-refractivity contribution in [2.24, 2.45) is 0 Å². The minimum Gasteiger partial charge on any atom is -0.423 e. The summed E-state index contributed by atoms with van der Waals surface area (Å²) in [6, 6.07) is 8.47. The van der Waals surface area contributed by atoms with E-state index in [1.807, 2.05) is 36.2 Å². The second-order valence-electron chi connectivity index (χ2n) is 2.98. The van der Waals surface area contributed by atoms with Crippen molar-refractivity contribution < 1.29 is 4.42 Å². The topological polar surface area (TPSA) is 29.3 Å². The zero-order valence-electron chi connectivity index (χ0n) is 7.82. The van der Waals surface area contributed by atoms with Crippen molar-refractivity contribution in [1.29, 1.82) is 0 Å². The highest BCUT2D eigenvalue weighted by atomic mass is 16.4. The van der Waals surface area contributed by atoms with E-state index in [9.17, 15) is 0 Å². The maximum absolute atomic E-state index is 5.54. The van der Waals surface area contributed by atoms with Crippen molar-refractivity contribution >= 4 is 17.1 Å². The van der Waals surface area contributed by atoms with Crippen LogP contribution in [0.4, 0.5) is 6.01 Å². The molecule has 1 aromatic carbocycles.